The van der Waals surface area contributed by atoms with Crippen LogP contribution in [-0.4, -0.2) is 24.2 Å². The van der Waals surface area contributed by atoms with Gasteiger partial charge in [-0.3, -0.25) is 9.59 Å². The summed E-state index contributed by atoms with van der Waals surface area (Å²) in [5.41, 5.74) is 1.08. The van der Waals surface area contributed by atoms with Gasteiger partial charge in [0, 0.05) is 19.7 Å². The van der Waals surface area contributed by atoms with Crippen LogP contribution < -0.4 is 10.2 Å². The fraction of sp³-hybridized carbons (Fsp3) is 0.150. The van der Waals surface area contributed by atoms with Crippen molar-refractivity contribution in [1.29, 1.82) is 0 Å². The van der Waals surface area contributed by atoms with Crippen LogP contribution >= 0.6 is 11.3 Å². The molecular weight excluding hydrogens is 364 g/mol. The molecule has 0 saturated heterocycles. The molecule has 0 bridgehead atoms. The molecule has 2 aromatic heterocycles. The number of nitrogens with zero attached hydrogens (tertiary/aromatic N) is 2. The van der Waals surface area contributed by atoms with E-state index in [-0.39, 0.29) is 11.2 Å². The first-order valence-electron chi connectivity index (χ1n) is 8.36. The van der Waals surface area contributed by atoms with E-state index in [1.807, 2.05) is 28.8 Å². The van der Waals surface area contributed by atoms with Crippen molar-refractivity contribution in [2.24, 2.45) is 4.99 Å². The highest BCUT2D eigenvalue weighted by molar-refractivity contribution is 7.16. The molecule has 0 N–H and O–H groups in total. The molecule has 4 rings (SSSR count). The summed E-state index contributed by atoms with van der Waals surface area (Å²) in [6.45, 7) is 1.06. The summed E-state index contributed by atoms with van der Waals surface area (Å²) < 4.78 is 13.7. The van der Waals surface area contributed by atoms with Crippen molar-refractivity contribution in [3.8, 4) is 0 Å². The first-order chi connectivity index (χ1) is 13.2. The van der Waals surface area contributed by atoms with Crippen LogP contribution in [0.2, 0.25) is 0 Å². The highest BCUT2D eigenvalue weighted by Crippen LogP contribution is 2.17. The smallest absolute Gasteiger partial charge is 0.315 e. The standard InChI is InChI=1S/C20H16N2O4S/c1-25-11-10-22-14-7-3-5-9-18(14)27-20(22)21-19(24)17-12-15(23)13-6-2-4-8-16(13)26-17/h2-9,12H,10-11H2,1H3. The van der Waals surface area contributed by atoms with Crippen LogP contribution in [0.1, 0.15) is 10.6 Å². The molecular formula is C20H16N2O4S. The maximum Gasteiger partial charge on any atom is 0.315 e. The Morgan fingerprint density at radius 1 is 1.19 bits per heavy atom. The zero-order valence-electron chi connectivity index (χ0n) is 14.5. The number of fused-ring (bicyclic) bond motifs is 2. The van der Waals surface area contributed by atoms with Gasteiger partial charge in [-0.2, -0.15) is 4.99 Å². The summed E-state index contributed by atoms with van der Waals surface area (Å²) in [6, 6.07) is 15.8. The van der Waals surface area contributed by atoms with Crippen molar-refractivity contribution < 1.29 is 13.9 Å². The minimum absolute atomic E-state index is 0.0746. The Morgan fingerprint density at radius 2 is 1.96 bits per heavy atom. The molecule has 7 heteroatoms. The van der Waals surface area contributed by atoms with Crippen molar-refractivity contribution in [2.75, 3.05) is 13.7 Å². The molecule has 0 saturated carbocycles. The van der Waals surface area contributed by atoms with Crippen LogP contribution in [0.3, 0.4) is 0 Å². The van der Waals surface area contributed by atoms with E-state index in [9.17, 15) is 9.59 Å². The van der Waals surface area contributed by atoms with Crippen molar-refractivity contribution in [2.45, 2.75) is 6.54 Å². The van der Waals surface area contributed by atoms with Gasteiger partial charge in [-0.15, -0.1) is 0 Å². The minimum atomic E-state index is -0.587. The lowest BCUT2D eigenvalue weighted by atomic mass is 10.2. The predicted molar refractivity (Wildman–Crippen MR) is 104 cm³/mol. The molecule has 0 spiro atoms. The van der Waals surface area contributed by atoms with Gasteiger partial charge in [0.15, 0.2) is 16.0 Å². The number of methoxy groups -OCH3 is 1. The molecule has 4 aromatic rings. The number of thiazole rings is 1. The van der Waals surface area contributed by atoms with Gasteiger partial charge in [0.25, 0.3) is 0 Å². The van der Waals surface area contributed by atoms with E-state index >= 15 is 0 Å². The molecule has 2 aromatic carbocycles. The van der Waals surface area contributed by atoms with Crippen LogP contribution in [0.25, 0.3) is 21.2 Å². The molecule has 6 nitrogen and oxygen atoms in total. The van der Waals surface area contributed by atoms with E-state index in [0.29, 0.717) is 28.9 Å². The molecule has 2 heterocycles. The quantitative estimate of drug-likeness (QED) is 0.545. The van der Waals surface area contributed by atoms with Gasteiger partial charge < -0.3 is 13.7 Å². The summed E-state index contributed by atoms with van der Waals surface area (Å²) in [6.07, 6.45) is 0. The first kappa shape index (κ1) is 17.4. The summed E-state index contributed by atoms with van der Waals surface area (Å²) in [7, 11) is 1.63. The number of amides is 1. The maximum atomic E-state index is 12.7. The Hall–Kier alpha value is -3.03. The molecule has 136 valence electrons. The number of ether oxygens (including phenoxy) is 1. The van der Waals surface area contributed by atoms with Gasteiger partial charge in [-0.05, 0) is 24.3 Å². The van der Waals surface area contributed by atoms with E-state index in [2.05, 4.69) is 4.99 Å². The number of hydrogen-bond donors (Lipinski definition) is 0. The largest absolute Gasteiger partial charge is 0.451 e. The van der Waals surface area contributed by atoms with Crippen LogP contribution in [0, 0.1) is 0 Å². The SMILES string of the molecule is COCCn1c(=NC(=O)c2cc(=O)c3ccccc3o2)sc2ccccc21. The highest BCUT2D eigenvalue weighted by atomic mass is 32.1. The number of carbonyl (C=O) groups excluding carboxylic acids is 1. The Balaban J connectivity index is 1.84. The molecule has 27 heavy (non-hydrogen) atoms. The normalized spacial score (nSPS) is 12.1. The number of hydrogen-bond acceptors (Lipinski definition) is 5. The average molecular weight is 380 g/mol. The lowest BCUT2D eigenvalue weighted by molar-refractivity contribution is 0.0971. The average Bonchev–Trinajstić information content (AvgIpc) is 3.03. The summed E-state index contributed by atoms with van der Waals surface area (Å²) in [4.78, 5) is 29.7. The van der Waals surface area contributed by atoms with Crippen LogP contribution in [0.5, 0.6) is 0 Å². The number of para-hydroxylation sites is 2. The second kappa shape index (κ2) is 7.30. The van der Waals surface area contributed by atoms with Gasteiger partial charge in [-0.25, -0.2) is 0 Å². The molecule has 0 unspecified atom stereocenters. The molecule has 0 fully saturated rings. The summed E-state index contributed by atoms with van der Waals surface area (Å²) in [5.74, 6) is -0.662. The van der Waals surface area contributed by atoms with E-state index < -0.39 is 5.91 Å². The molecule has 0 aliphatic heterocycles. The van der Waals surface area contributed by atoms with Crippen molar-refractivity contribution >= 4 is 38.4 Å². The Morgan fingerprint density at radius 3 is 2.81 bits per heavy atom. The molecule has 0 atom stereocenters. The maximum absolute atomic E-state index is 12.7. The highest BCUT2D eigenvalue weighted by Gasteiger charge is 2.13. The van der Waals surface area contributed by atoms with Crippen molar-refractivity contribution in [3.05, 3.63) is 75.4 Å². The minimum Gasteiger partial charge on any atom is -0.451 e. The number of aromatic nitrogens is 1. The fourth-order valence-electron chi connectivity index (χ4n) is 2.86. The number of benzene rings is 2. The third-order valence-corrected chi connectivity index (χ3v) is 5.21. The molecule has 1 amide bonds. The second-order valence-corrected chi connectivity index (χ2v) is 6.89. The first-order valence-corrected chi connectivity index (χ1v) is 9.18. The lowest BCUT2D eigenvalue weighted by Crippen LogP contribution is -2.19. The Kier molecular flexibility index (Phi) is 4.70. The number of carbonyl (C=O) groups is 1. The van der Waals surface area contributed by atoms with Gasteiger partial charge >= 0.3 is 5.91 Å². The third kappa shape index (κ3) is 3.34. The third-order valence-electron chi connectivity index (χ3n) is 4.15. The van der Waals surface area contributed by atoms with Crippen LogP contribution in [-0.2, 0) is 11.3 Å². The van der Waals surface area contributed by atoms with Gasteiger partial charge in [0.2, 0.25) is 0 Å². The molecule has 0 aliphatic carbocycles. The predicted octanol–water partition coefficient (Wildman–Crippen LogP) is 3.20. The summed E-state index contributed by atoms with van der Waals surface area (Å²) in [5, 5.41) is 0.436. The van der Waals surface area contributed by atoms with Gasteiger partial charge in [0.1, 0.15) is 5.58 Å². The van der Waals surface area contributed by atoms with E-state index in [1.54, 1.807) is 31.4 Å². The van der Waals surface area contributed by atoms with Crippen LogP contribution in [0.15, 0.2) is 68.8 Å². The van der Waals surface area contributed by atoms with E-state index in [4.69, 9.17) is 9.15 Å². The zero-order chi connectivity index (χ0) is 18.8. The lowest BCUT2D eigenvalue weighted by Gasteiger charge is -2.04. The fourth-order valence-corrected chi connectivity index (χ4v) is 3.91. The van der Waals surface area contributed by atoms with Crippen LogP contribution in [0.4, 0.5) is 0 Å². The summed E-state index contributed by atoms with van der Waals surface area (Å²) >= 11 is 1.41. The van der Waals surface area contributed by atoms with E-state index in [0.717, 1.165) is 10.2 Å². The van der Waals surface area contributed by atoms with Crippen molar-refractivity contribution in [1.82, 2.24) is 4.57 Å². The molecule has 0 radical (unpaired) electrons. The Labute approximate surface area is 158 Å². The zero-order valence-corrected chi connectivity index (χ0v) is 15.4. The van der Waals surface area contributed by atoms with E-state index in [1.165, 1.54) is 17.4 Å². The topological polar surface area (TPSA) is 73.8 Å². The van der Waals surface area contributed by atoms with Crippen molar-refractivity contribution in [3.63, 3.8) is 0 Å². The molecule has 0 aliphatic rings. The van der Waals surface area contributed by atoms with Gasteiger partial charge in [-0.1, -0.05) is 35.6 Å². The number of rotatable bonds is 4. The Bertz CT molecular complexity index is 1270. The monoisotopic (exact) mass is 380 g/mol. The van der Waals surface area contributed by atoms with Gasteiger partial charge in [0.05, 0.1) is 22.2 Å². The second-order valence-electron chi connectivity index (χ2n) is 5.88.